The van der Waals surface area contributed by atoms with Crippen LogP contribution in [-0.4, -0.2) is 23.3 Å². The number of hydrogen-bond donors (Lipinski definition) is 1. The topological polar surface area (TPSA) is 37.8 Å². The van der Waals surface area contributed by atoms with Crippen LogP contribution in [0.1, 0.15) is 28.9 Å². The molecule has 0 aliphatic carbocycles. The van der Waals surface area contributed by atoms with Crippen LogP contribution < -0.4 is 5.32 Å². The van der Waals surface area contributed by atoms with Gasteiger partial charge >= 0.3 is 0 Å². The summed E-state index contributed by atoms with van der Waals surface area (Å²) in [4.78, 5) is 0. The highest BCUT2D eigenvalue weighted by molar-refractivity contribution is 7.11. The van der Waals surface area contributed by atoms with Crippen molar-refractivity contribution in [1.82, 2.24) is 15.5 Å². The van der Waals surface area contributed by atoms with E-state index in [9.17, 15) is 0 Å². The van der Waals surface area contributed by atoms with Gasteiger partial charge in [0.25, 0.3) is 0 Å². The second kappa shape index (κ2) is 7.58. The first-order chi connectivity index (χ1) is 9.28. The maximum atomic E-state index is 5.87. The Kier molecular flexibility index (Phi) is 5.76. The zero-order valence-electron chi connectivity index (χ0n) is 11.0. The monoisotopic (exact) mass is 295 g/mol. The van der Waals surface area contributed by atoms with Crippen LogP contribution in [0.15, 0.2) is 24.3 Å². The first-order valence-corrected chi connectivity index (χ1v) is 7.74. The van der Waals surface area contributed by atoms with Crippen molar-refractivity contribution in [3.8, 4) is 0 Å². The molecular weight excluding hydrogens is 278 g/mol. The van der Waals surface area contributed by atoms with Crippen molar-refractivity contribution in [2.75, 3.05) is 13.1 Å². The normalized spacial score (nSPS) is 10.8. The van der Waals surface area contributed by atoms with Crippen molar-refractivity contribution in [2.24, 2.45) is 0 Å². The quantitative estimate of drug-likeness (QED) is 0.796. The van der Waals surface area contributed by atoms with E-state index in [1.54, 1.807) is 11.3 Å². The minimum absolute atomic E-state index is 0.767. The van der Waals surface area contributed by atoms with E-state index in [0.717, 1.165) is 47.4 Å². The summed E-state index contributed by atoms with van der Waals surface area (Å²) in [5, 5.41) is 14.8. The van der Waals surface area contributed by atoms with Crippen LogP contribution in [-0.2, 0) is 12.8 Å². The Hall–Kier alpha value is -0.970. The number of nitrogens with zero attached hydrogens (tertiary/aromatic N) is 2. The lowest BCUT2D eigenvalue weighted by molar-refractivity contribution is 0.667. The van der Waals surface area contributed by atoms with Crippen molar-refractivity contribution in [3.05, 3.63) is 44.9 Å². The van der Waals surface area contributed by atoms with E-state index in [0.29, 0.717) is 0 Å². The van der Waals surface area contributed by atoms with E-state index in [1.165, 1.54) is 5.56 Å². The van der Waals surface area contributed by atoms with Crippen LogP contribution >= 0.6 is 22.9 Å². The van der Waals surface area contributed by atoms with Crippen LogP contribution in [0.4, 0.5) is 0 Å². The van der Waals surface area contributed by atoms with Crippen LogP contribution in [0.3, 0.4) is 0 Å². The fraction of sp³-hybridized carbons (Fsp3) is 0.429. The van der Waals surface area contributed by atoms with Gasteiger partial charge in [-0.05, 0) is 30.7 Å². The lowest BCUT2D eigenvalue weighted by Crippen LogP contribution is -2.17. The number of benzene rings is 1. The van der Waals surface area contributed by atoms with E-state index >= 15 is 0 Å². The van der Waals surface area contributed by atoms with Gasteiger partial charge in [-0.3, -0.25) is 0 Å². The van der Waals surface area contributed by atoms with E-state index < -0.39 is 0 Å². The van der Waals surface area contributed by atoms with Crippen LogP contribution in [0, 0.1) is 0 Å². The summed E-state index contributed by atoms with van der Waals surface area (Å²) in [5.74, 6) is 0. The molecule has 0 amide bonds. The molecule has 0 bridgehead atoms. The molecule has 1 aromatic carbocycles. The van der Waals surface area contributed by atoms with Crippen LogP contribution in [0.2, 0.25) is 5.02 Å². The fourth-order valence-electron chi connectivity index (χ4n) is 1.73. The van der Waals surface area contributed by atoms with Crippen LogP contribution in [0.25, 0.3) is 0 Å². The zero-order chi connectivity index (χ0) is 13.5. The van der Waals surface area contributed by atoms with Gasteiger partial charge in [-0.25, -0.2) is 0 Å². The number of aromatic nitrogens is 2. The zero-order valence-corrected chi connectivity index (χ0v) is 12.6. The highest BCUT2D eigenvalue weighted by atomic mass is 35.5. The highest BCUT2D eigenvalue weighted by Gasteiger charge is 2.05. The number of rotatable bonds is 7. The second-order valence-electron chi connectivity index (χ2n) is 4.39. The lowest BCUT2D eigenvalue weighted by Gasteiger charge is -1.99. The largest absolute Gasteiger partial charge is 0.316 e. The molecule has 0 saturated carbocycles. The van der Waals surface area contributed by atoms with Gasteiger partial charge < -0.3 is 5.32 Å². The third kappa shape index (κ3) is 4.90. The maximum Gasteiger partial charge on any atom is 0.121 e. The van der Waals surface area contributed by atoms with Crippen molar-refractivity contribution in [3.63, 3.8) is 0 Å². The smallest absolute Gasteiger partial charge is 0.121 e. The van der Waals surface area contributed by atoms with Gasteiger partial charge in [0, 0.05) is 24.4 Å². The number of halogens is 1. The Labute approximate surface area is 123 Å². The summed E-state index contributed by atoms with van der Waals surface area (Å²) in [6.45, 7) is 4.21. The van der Waals surface area contributed by atoms with Gasteiger partial charge in [0.05, 0.1) is 0 Å². The molecule has 0 spiro atoms. The molecular formula is C14H18ClN3S. The average molecular weight is 296 g/mol. The molecule has 3 nitrogen and oxygen atoms in total. The SMILES string of the molecule is CCCNCCc1nnc(Cc2ccc(Cl)cc2)s1. The predicted molar refractivity (Wildman–Crippen MR) is 81.0 cm³/mol. The third-order valence-electron chi connectivity index (χ3n) is 2.72. The van der Waals surface area contributed by atoms with Crippen molar-refractivity contribution in [2.45, 2.75) is 26.2 Å². The Morgan fingerprint density at radius 2 is 1.84 bits per heavy atom. The number of nitrogens with one attached hydrogen (secondary N) is 1. The van der Waals surface area contributed by atoms with E-state index in [2.05, 4.69) is 22.4 Å². The standard InChI is InChI=1S/C14H18ClN3S/c1-2-8-16-9-7-13-17-18-14(19-13)10-11-3-5-12(15)6-4-11/h3-6,16H,2,7-10H2,1H3. The molecule has 2 rings (SSSR count). The van der Waals surface area contributed by atoms with E-state index in [4.69, 9.17) is 11.6 Å². The van der Waals surface area contributed by atoms with Crippen molar-refractivity contribution < 1.29 is 0 Å². The second-order valence-corrected chi connectivity index (χ2v) is 5.98. The minimum Gasteiger partial charge on any atom is -0.316 e. The van der Waals surface area contributed by atoms with Crippen molar-refractivity contribution >= 4 is 22.9 Å². The number of hydrogen-bond acceptors (Lipinski definition) is 4. The molecule has 1 N–H and O–H groups in total. The first kappa shape index (κ1) is 14.4. The first-order valence-electron chi connectivity index (χ1n) is 6.54. The molecule has 5 heteroatoms. The molecule has 0 radical (unpaired) electrons. The molecule has 0 fully saturated rings. The highest BCUT2D eigenvalue weighted by Crippen LogP contribution is 2.16. The molecule has 1 heterocycles. The lowest BCUT2D eigenvalue weighted by atomic mass is 10.2. The summed E-state index contributed by atoms with van der Waals surface area (Å²) in [6, 6.07) is 7.89. The Morgan fingerprint density at radius 3 is 2.58 bits per heavy atom. The predicted octanol–water partition coefficient (Wildman–Crippen LogP) is 3.32. The van der Waals surface area contributed by atoms with E-state index in [1.807, 2.05) is 24.3 Å². The van der Waals surface area contributed by atoms with Crippen molar-refractivity contribution in [1.29, 1.82) is 0 Å². The molecule has 0 saturated heterocycles. The fourth-order valence-corrected chi connectivity index (χ4v) is 2.74. The molecule has 1 aromatic heterocycles. The molecule has 0 atom stereocenters. The Bertz CT molecular complexity index is 496. The third-order valence-corrected chi connectivity index (χ3v) is 3.95. The van der Waals surface area contributed by atoms with Gasteiger partial charge in [-0.1, -0.05) is 30.7 Å². The van der Waals surface area contributed by atoms with Gasteiger partial charge in [-0.15, -0.1) is 21.5 Å². The minimum atomic E-state index is 0.767. The summed E-state index contributed by atoms with van der Waals surface area (Å²) in [7, 11) is 0. The molecule has 2 aromatic rings. The summed E-state index contributed by atoms with van der Waals surface area (Å²) < 4.78 is 0. The Morgan fingerprint density at radius 1 is 1.11 bits per heavy atom. The maximum absolute atomic E-state index is 5.87. The Balaban J connectivity index is 1.85. The molecule has 102 valence electrons. The molecule has 0 aliphatic heterocycles. The van der Waals surface area contributed by atoms with E-state index in [-0.39, 0.29) is 0 Å². The van der Waals surface area contributed by atoms with Gasteiger partial charge in [0.2, 0.25) is 0 Å². The summed E-state index contributed by atoms with van der Waals surface area (Å²) >= 11 is 7.56. The van der Waals surface area contributed by atoms with Gasteiger partial charge in [0.1, 0.15) is 10.0 Å². The van der Waals surface area contributed by atoms with Gasteiger partial charge in [0.15, 0.2) is 0 Å². The molecule has 0 aliphatic rings. The van der Waals surface area contributed by atoms with Gasteiger partial charge in [-0.2, -0.15) is 0 Å². The molecule has 19 heavy (non-hydrogen) atoms. The summed E-state index contributed by atoms with van der Waals surface area (Å²) in [5.41, 5.74) is 1.22. The summed E-state index contributed by atoms with van der Waals surface area (Å²) in [6.07, 6.45) is 2.95. The molecule has 0 unspecified atom stereocenters. The average Bonchev–Trinajstić information content (AvgIpc) is 2.85. The van der Waals surface area contributed by atoms with Crippen LogP contribution in [0.5, 0.6) is 0 Å².